The molecule has 0 saturated carbocycles. The Bertz CT molecular complexity index is 1430. The van der Waals surface area contributed by atoms with Gasteiger partial charge in [-0.05, 0) is 66.9 Å². The monoisotopic (exact) mass is 450 g/mol. The average molecular weight is 450 g/mol. The van der Waals surface area contributed by atoms with Gasteiger partial charge < -0.3 is 10.4 Å². The third kappa shape index (κ3) is 4.15. The van der Waals surface area contributed by atoms with E-state index < -0.39 is 35.0 Å². The number of carboxylic acids is 1. The van der Waals surface area contributed by atoms with Crippen molar-refractivity contribution in [2.24, 2.45) is 0 Å². The molecule has 33 heavy (non-hydrogen) atoms. The number of anilines is 1. The van der Waals surface area contributed by atoms with E-state index in [0.29, 0.717) is 5.39 Å². The highest BCUT2D eigenvalue weighted by Crippen LogP contribution is 2.29. The first-order chi connectivity index (χ1) is 15.7. The molecule has 0 aliphatic carbocycles. The minimum atomic E-state index is -1.25. The van der Waals surface area contributed by atoms with Gasteiger partial charge in [0.15, 0.2) is 0 Å². The third-order valence-electron chi connectivity index (χ3n) is 5.25. The van der Waals surface area contributed by atoms with Crippen molar-refractivity contribution < 1.29 is 27.9 Å². The molecule has 4 aromatic rings. The van der Waals surface area contributed by atoms with Gasteiger partial charge in [-0.1, -0.05) is 23.8 Å². The molecule has 0 aliphatic heterocycles. The number of fused-ring (bicyclic) bond motifs is 1. The molecule has 0 atom stereocenters. The van der Waals surface area contributed by atoms with Crippen LogP contribution in [0.2, 0.25) is 0 Å². The summed E-state index contributed by atoms with van der Waals surface area (Å²) in [6, 6.07) is 12.1. The van der Waals surface area contributed by atoms with Crippen molar-refractivity contribution in [2.45, 2.75) is 13.8 Å². The van der Waals surface area contributed by atoms with Crippen molar-refractivity contribution >= 4 is 28.5 Å². The van der Waals surface area contributed by atoms with Crippen LogP contribution >= 0.6 is 0 Å². The van der Waals surface area contributed by atoms with Gasteiger partial charge in [-0.25, -0.2) is 22.9 Å². The number of amides is 1. The molecule has 5 nitrogen and oxygen atoms in total. The van der Waals surface area contributed by atoms with Crippen LogP contribution in [-0.2, 0) is 0 Å². The number of hydrogen-bond donors (Lipinski definition) is 2. The Morgan fingerprint density at radius 2 is 1.61 bits per heavy atom. The maximum absolute atomic E-state index is 14.7. The van der Waals surface area contributed by atoms with E-state index >= 15 is 0 Å². The minimum Gasteiger partial charge on any atom is -0.478 e. The zero-order chi connectivity index (χ0) is 23.9. The molecule has 8 heteroatoms. The summed E-state index contributed by atoms with van der Waals surface area (Å²) in [6.07, 6.45) is 0. The molecular weight excluding hydrogens is 433 g/mol. The van der Waals surface area contributed by atoms with Gasteiger partial charge >= 0.3 is 5.97 Å². The Balaban J connectivity index is 1.75. The van der Waals surface area contributed by atoms with Crippen molar-refractivity contribution in [1.82, 2.24) is 4.98 Å². The van der Waals surface area contributed by atoms with Gasteiger partial charge in [0.1, 0.15) is 28.8 Å². The standard InChI is InChI=1S/C25H17F3N2O3/c1-12-6-7-20-17(8-12)21(25(32)33)13(2)22(29-20)24(31)30-23-18(27)10-15(11-19(23)28)14-4-3-5-16(26)9-14/h3-11H,1-2H3,(H,30,31)(H,32,33). The lowest BCUT2D eigenvalue weighted by Crippen LogP contribution is -2.19. The highest BCUT2D eigenvalue weighted by Gasteiger charge is 2.23. The average Bonchev–Trinajstić information content (AvgIpc) is 2.75. The van der Waals surface area contributed by atoms with Crippen LogP contribution in [0.3, 0.4) is 0 Å². The highest BCUT2D eigenvalue weighted by atomic mass is 19.1. The highest BCUT2D eigenvalue weighted by molar-refractivity contribution is 6.11. The Hall–Kier alpha value is -4.20. The normalized spacial score (nSPS) is 10.9. The number of rotatable bonds is 4. The van der Waals surface area contributed by atoms with Gasteiger partial charge in [-0.3, -0.25) is 4.79 Å². The van der Waals surface area contributed by atoms with Crippen LogP contribution in [0.1, 0.15) is 32.0 Å². The number of benzene rings is 3. The van der Waals surface area contributed by atoms with E-state index in [2.05, 4.69) is 10.3 Å². The largest absolute Gasteiger partial charge is 0.478 e. The Morgan fingerprint density at radius 3 is 2.24 bits per heavy atom. The number of nitrogens with one attached hydrogen (secondary N) is 1. The van der Waals surface area contributed by atoms with Gasteiger partial charge in [0.2, 0.25) is 0 Å². The molecule has 0 spiro atoms. The number of nitrogens with zero attached hydrogens (tertiary/aromatic N) is 1. The van der Waals surface area contributed by atoms with E-state index in [9.17, 15) is 27.9 Å². The third-order valence-corrected chi connectivity index (χ3v) is 5.25. The summed E-state index contributed by atoms with van der Waals surface area (Å²) in [5.41, 5.74) is 0.387. The van der Waals surface area contributed by atoms with E-state index in [4.69, 9.17) is 0 Å². The van der Waals surface area contributed by atoms with Crippen LogP contribution in [0.25, 0.3) is 22.0 Å². The van der Waals surface area contributed by atoms with Crippen LogP contribution in [0.15, 0.2) is 54.6 Å². The van der Waals surface area contributed by atoms with Crippen molar-refractivity contribution in [1.29, 1.82) is 0 Å². The number of hydrogen-bond acceptors (Lipinski definition) is 3. The maximum Gasteiger partial charge on any atom is 0.336 e. The molecular formula is C25H17F3N2O3. The molecule has 4 rings (SSSR count). The predicted octanol–water partition coefficient (Wildman–Crippen LogP) is 5.89. The first-order valence-corrected chi connectivity index (χ1v) is 9.86. The maximum atomic E-state index is 14.7. The number of carbonyl (C=O) groups excluding carboxylic acids is 1. The molecule has 166 valence electrons. The number of carboxylic acid groups (broad SMARTS) is 1. The Labute approximate surface area is 186 Å². The molecule has 0 saturated heterocycles. The zero-order valence-corrected chi connectivity index (χ0v) is 17.5. The summed E-state index contributed by atoms with van der Waals surface area (Å²) in [5, 5.41) is 12.2. The Morgan fingerprint density at radius 1 is 0.909 bits per heavy atom. The fraction of sp³-hybridized carbons (Fsp3) is 0.0800. The first kappa shape index (κ1) is 22.0. The molecule has 1 heterocycles. The minimum absolute atomic E-state index is 0.0651. The molecule has 1 amide bonds. The van der Waals surface area contributed by atoms with Gasteiger partial charge in [0.25, 0.3) is 5.91 Å². The van der Waals surface area contributed by atoms with Gasteiger partial charge in [-0.2, -0.15) is 0 Å². The molecule has 2 N–H and O–H groups in total. The molecule has 0 unspecified atom stereocenters. The van der Waals surface area contributed by atoms with Crippen LogP contribution < -0.4 is 5.32 Å². The van der Waals surface area contributed by atoms with E-state index in [0.717, 1.165) is 23.8 Å². The molecule has 0 bridgehead atoms. The number of aryl methyl sites for hydroxylation is 1. The summed E-state index contributed by atoms with van der Waals surface area (Å²) < 4.78 is 42.9. The molecule has 1 aromatic heterocycles. The fourth-order valence-corrected chi connectivity index (χ4v) is 3.67. The van der Waals surface area contributed by atoms with Crippen LogP contribution in [0, 0.1) is 31.3 Å². The van der Waals surface area contributed by atoms with Crippen molar-refractivity contribution in [3.63, 3.8) is 0 Å². The van der Waals surface area contributed by atoms with Crippen LogP contribution in [0.4, 0.5) is 18.9 Å². The first-order valence-electron chi connectivity index (χ1n) is 9.86. The SMILES string of the molecule is Cc1ccc2nc(C(=O)Nc3c(F)cc(-c4cccc(F)c4)cc3F)c(C)c(C(=O)O)c2c1. The van der Waals surface area contributed by atoms with Crippen molar-refractivity contribution in [3.8, 4) is 11.1 Å². The van der Waals surface area contributed by atoms with E-state index in [-0.39, 0.29) is 33.5 Å². The second-order valence-electron chi connectivity index (χ2n) is 7.57. The lowest BCUT2D eigenvalue weighted by molar-refractivity contribution is 0.0698. The van der Waals surface area contributed by atoms with Gasteiger partial charge in [-0.15, -0.1) is 0 Å². The lowest BCUT2D eigenvalue weighted by atomic mass is 9.99. The summed E-state index contributed by atoms with van der Waals surface area (Å²) in [5.74, 6) is -4.93. The summed E-state index contributed by atoms with van der Waals surface area (Å²) in [4.78, 5) is 29.0. The van der Waals surface area contributed by atoms with E-state index in [1.54, 1.807) is 25.1 Å². The number of carbonyl (C=O) groups is 2. The Kier molecular flexibility index (Phi) is 5.59. The second-order valence-corrected chi connectivity index (χ2v) is 7.57. The van der Waals surface area contributed by atoms with E-state index in [1.165, 1.54) is 25.1 Å². The number of aromatic carboxylic acids is 1. The fourth-order valence-electron chi connectivity index (χ4n) is 3.67. The number of halogens is 3. The smallest absolute Gasteiger partial charge is 0.336 e. The molecule has 0 radical (unpaired) electrons. The lowest BCUT2D eigenvalue weighted by Gasteiger charge is -2.14. The van der Waals surface area contributed by atoms with Crippen molar-refractivity contribution in [2.75, 3.05) is 5.32 Å². The second kappa shape index (κ2) is 8.38. The van der Waals surface area contributed by atoms with Crippen molar-refractivity contribution in [3.05, 3.63) is 94.4 Å². The van der Waals surface area contributed by atoms with Gasteiger partial charge in [0, 0.05) is 5.39 Å². The zero-order valence-electron chi connectivity index (χ0n) is 17.5. The quantitative estimate of drug-likeness (QED) is 0.407. The number of pyridine rings is 1. The summed E-state index contributed by atoms with van der Waals surface area (Å²) in [7, 11) is 0. The molecule has 0 aliphatic rings. The van der Waals surface area contributed by atoms with Crippen LogP contribution in [0.5, 0.6) is 0 Å². The van der Waals surface area contributed by atoms with Gasteiger partial charge in [0.05, 0.1) is 11.1 Å². The van der Waals surface area contributed by atoms with E-state index in [1.807, 2.05) is 0 Å². The molecule has 3 aromatic carbocycles. The van der Waals surface area contributed by atoms with Crippen LogP contribution in [-0.4, -0.2) is 22.0 Å². The topological polar surface area (TPSA) is 79.3 Å². The summed E-state index contributed by atoms with van der Waals surface area (Å²) >= 11 is 0. The summed E-state index contributed by atoms with van der Waals surface area (Å²) in [6.45, 7) is 3.20. The predicted molar refractivity (Wildman–Crippen MR) is 118 cm³/mol. The number of aromatic nitrogens is 1. The molecule has 0 fully saturated rings.